The Morgan fingerprint density at radius 3 is 2.55 bits per heavy atom. The molecule has 4 heteroatoms. The fourth-order valence-corrected chi connectivity index (χ4v) is 2.79. The summed E-state index contributed by atoms with van der Waals surface area (Å²) in [6, 6.07) is 7.62. The van der Waals surface area contributed by atoms with Crippen molar-refractivity contribution < 1.29 is 15.3 Å². The van der Waals surface area contributed by atoms with E-state index in [-0.39, 0.29) is 11.5 Å². The van der Waals surface area contributed by atoms with Gasteiger partial charge in [0.2, 0.25) is 0 Å². The topological polar surface area (TPSA) is 76.5 Å². The molecule has 20 heavy (non-hydrogen) atoms. The summed E-state index contributed by atoms with van der Waals surface area (Å²) in [4.78, 5) is 3.28. The van der Waals surface area contributed by atoms with Crippen LogP contribution >= 0.6 is 0 Å². The molecule has 1 aromatic heterocycles. The average molecular weight is 271 g/mol. The molecule has 0 aliphatic heterocycles. The highest BCUT2D eigenvalue weighted by molar-refractivity contribution is 6.12. The van der Waals surface area contributed by atoms with Crippen LogP contribution in [-0.4, -0.2) is 26.4 Å². The summed E-state index contributed by atoms with van der Waals surface area (Å²) in [5.74, 6) is -0.220. The second-order valence-electron chi connectivity index (χ2n) is 5.27. The zero-order chi connectivity index (χ0) is 14.4. The van der Waals surface area contributed by atoms with Crippen molar-refractivity contribution in [1.29, 1.82) is 0 Å². The SMILES string of the molecule is Cc1c(O)c(O)c2c([nH]c3ccccc32)c1C[C@@H](C)O. The molecule has 4 nitrogen and oxygen atoms in total. The first-order chi connectivity index (χ1) is 9.50. The molecule has 0 saturated heterocycles. The van der Waals surface area contributed by atoms with Crippen LogP contribution in [-0.2, 0) is 6.42 Å². The maximum atomic E-state index is 10.3. The van der Waals surface area contributed by atoms with Gasteiger partial charge in [0.05, 0.1) is 17.0 Å². The lowest BCUT2D eigenvalue weighted by Gasteiger charge is -2.13. The number of rotatable bonds is 2. The van der Waals surface area contributed by atoms with E-state index >= 15 is 0 Å². The molecule has 0 radical (unpaired) electrons. The number of aromatic hydroxyl groups is 2. The third kappa shape index (κ3) is 1.72. The Hall–Kier alpha value is -2.20. The summed E-state index contributed by atoms with van der Waals surface area (Å²) < 4.78 is 0. The van der Waals surface area contributed by atoms with E-state index in [2.05, 4.69) is 4.98 Å². The summed E-state index contributed by atoms with van der Waals surface area (Å²) in [5, 5.41) is 31.5. The van der Waals surface area contributed by atoms with E-state index in [4.69, 9.17) is 0 Å². The van der Waals surface area contributed by atoms with Crippen LogP contribution in [0.4, 0.5) is 0 Å². The van der Waals surface area contributed by atoms with Crippen LogP contribution in [0, 0.1) is 6.92 Å². The third-order valence-electron chi connectivity index (χ3n) is 3.78. The molecule has 0 saturated carbocycles. The second kappa shape index (κ2) is 4.42. The first-order valence-corrected chi connectivity index (χ1v) is 6.62. The Bertz CT molecular complexity index is 802. The number of fused-ring (bicyclic) bond motifs is 3. The summed E-state index contributed by atoms with van der Waals surface area (Å²) in [6.45, 7) is 3.45. The molecule has 1 atom stereocenters. The van der Waals surface area contributed by atoms with Gasteiger partial charge in [-0.05, 0) is 25.5 Å². The Morgan fingerprint density at radius 2 is 1.85 bits per heavy atom. The van der Waals surface area contributed by atoms with Crippen molar-refractivity contribution >= 4 is 21.8 Å². The number of aromatic amines is 1. The molecule has 1 heterocycles. The number of hydrogen-bond acceptors (Lipinski definition) is 3. The molecule has 0 unspecified atom stereocenters. The molecule has 3 rings (SSSR count). The summed E-state index contributed by atoms with van der Waals surface area (Å²) in [7, 11) is 0. The highest BCUT2D eigenvalue weighted by atomic mass is 16.3. The van der Waals surface area contributed by atoms with Gasteiger partial charge in [0, 0.05) is 22.9 Å². The summed E-state index contributed by atoms with van der Waals surface area (Å²) in [5.41, 5.74) is 3.11. The van der Waals surface area contributed by atoms with Crippen LogP contribution in [0.2, 0.25) is 0 Å². The number of para-hydroxylation sites is 1. The highest BCUT2D eigenvalue weighted by Crippen LogP contribution is 2.43. The average Bonchev–Trinajstić information content (AvgIpc) is 2.80. The normalized spacial score (nSPS) is 13.2. The smallest absolute Gasteiger partial charge is 0.167 e. The van der Waals surface area contributed by atoms with Crippen molar-refractivity contribution in [2.45, 2.75) is 26.4 Å². The van der Waals surface area contributed by atoms with Gasteiger partial charge in [-0.2, -0.15) is 0 Å². The van der Waals surface area contributed by atoms with E-state index in [0.717, 1.165) is 22.0 Å². The number of aliphatic hydroxyl groups excluding tert-OH is 1. The number of H-pyrrole nitrogens is 1. The lowest BCUT2D eigenvalue weighted by molar-refractivity contribution is 0.195. The molecule has 0 bridgehead atoms. The minimum atomic E-state index is -0.521. The van der Waals surface area contributed by atoms with Crippen LogP contribution in [0.15, 0.2) is 24.3 Å². The van der Waals surface area contributed by atoms with Crippen LogP contribution in [0.25, 0.3) is 21.8 Å². The molecule has 0 amide bonds. The van der Waals surface area contributed by atoms with E-state index in [1.165, 1.54) is 0 Å². The molecule has 0 aliphatic rings. The Kier molecular flexibility index (Phi) is 2.83. The standard InChI is InChI=1S/C16H17NO3/c1-8(18)7-11-9(2)15(19)16(20)13-10-5-3-4-6-12(10)17-14(11)13/h3-6,8,17-20H,7H2,1-2H3/t8-/m1/s1. The molecular formula is C16H17NO3. The van der Waals surface area contributed by atoms with Gasteiger partial charge in [-0.3, -0.25) is 0 Å². The van der Waals surface area contributed by atoms with Gasteiger partial charge < -0.3 is 20.3 Å². The van der Waals surface area contributed by atoms with Crippen LogP contribution < -0.4 is 0 Å². The van der Waals surface area contributed by atoms with Crippen molar-refractivity contribution in [3.05, 3.63) is 35.4 Å². The van der Waals surface area contributed by atoms with E-state index in [9.17, 15) is 15.3 Å². The van der Waals surface area contributed by atoms with Crippen LogP contribution in [0.3, 0.4) is 0 Å². The van der Waals surface area contributed by atoms with Crippen LogP contribution in [0.5, 0.6) is 11.5 Å². The van der Waals surface area contributed by atoms with Gasteiger partial charge in [-0.25, -0.2) is 0 Å². The molecule has 104 valence electrons. The van der Waals surface area contributed by atoms with Gasteiger partial charge in [-0.15, -0.1) is 0 Å². The lowest BCUT2D eigenvalue weighted by Crippen LogP contribution is -2.06. The number of aromatic nitrogens is 1. The minimum absolute atomic E-state index is 0.107. The Labute approximate surface area is 116 Å². The molecule has 3 aromatic rings. The van der Waals surface area contributed by atoms with Crippen molar-refractivity contribution in [2.75, 3.05) is 0 Å². The van der Waals surface area contributed by atoms with E-state index < -0.39 is 6.10 Å². The molecule has 0 spiro atoms. The number of aliphatic hydroxyl groups is 1. The van der Waals surface area contributed by atoms with Gasteiger partial charge in [0.1, 0.15) is 0 Å². The highest BCUT2D eigenvalue weighted by Gasteiger charge is 2.20. The van der Waals surface area contributed by atoms with Crippen molar-refractivity contribution in [1.82, 2.24) is 4.98 Å². The molecule has 4 N–H and O–H groups in total. The van der Waals surface area contributed by atoms with Gasteiger partial charge >= 0.3 is 0 Å². The molecule has 0 fully saturated rings. The maximum Gasteiger partial charge on any atom is 0.167 e. The number of nitrogens with one attached hydrogen (secondary N) is 1. The molecular weight excluding hydrogens is 254 g/mol. The van der Waals surface area contributed by atoms with E-state index in [1.54, 1.807) is 13.8 Å². The first-order valence-electron chi connectivity index (χ1n) is 6.62. The first kappa shape index (κ1) is 12.8. The van der Waals surface area contributed by atoms with Crippen molar-refractivity contribution in [3.8, 4) is 11.5 Å². The molecule has 2 aromatic carbocycles. The van der Waals surface area contributed by atoms with Gasteiger partial charge in [-0.1, -0.05) is 18.2 Å². The van der Waals surface area contributed by atoms with E-state index in [0.29, 0.717) is 17.4 Å². The Morgan fingerprint density at radius 1 is 1.15 bits per heavy atom. The third-order valence-corrected chi connectivity index (χ3v) is 3.78. The summed E-state index contributed by atoms with van der Waals surface area (Å²) in [6.07, 6.45) is -0.101. The zero-order valence-corrected chi connectivity index (χ0v) is 11.4. The van der Waals surface area contributed by atoms with Gasteiger partial charge in [0.15, 0.2) is 11.5 Å². The van der Waals surface area contributed by atoms with Gasteiger partial charge in [0.25, 0.3) is 0 Å². The zero-order valence-electron chi connectivity index (χ0n) is 11.4. The van der Waals surface area contributed by atoms with Crippen molar-refractivity contribution in [3.63, 3.8) is 0 Å². The monoisotopic (exact) mass is 271 g/mol. The minimum Gasteiger partial charge on any atom is -0.504 e. The fourth-order valence-electron chi connectivity index (χ4n) is 2.79. The largest absolute Gasteiger partial charge is 0.504 e. The predicted molar refractivity (Wildman–Crippen MR) is 79.3 cm³/mol. The van der Waals surface area contributed by atoms with Crippen molar-refractivity contribution in [2.24, 2.45) is 0 Å². The number of phenolic OH excluding ortho intramolecular Hbond substituents is 2. The van der Waals surface area contributed by atoms with E-state index in [1.807, 2.05) is 24.3 Å². The quantitative estimate of drug-likeness (QED) is 0.541. The predicted octanol–water partition coefficient (Wildman–Crippen LogP) is 2.96. The number of phenols is 2. The van der Waals surface area contributed by atoms with Crippen LogP contribution in [0.1, 0.15) is 18.1 Å². The fraction of sp³-hybridized carbons (Fsp3) is 0.250. The number of benzene rings is 2. The molecule has 0 aliphatic carbocycles. The lowest BCUT2D eigenvalue weighted by atomic mass is 9.97. The maximum absolute atomic E-state index is 10.3. The summed E-state index contributed by atoms with van der Waals surface area (Å²) >= 11 is 0. The Balaban J connectivity index is 2.49. The number of hydrogen-bond donors (Lipinski definition) is 4. The second-order valence-corrected chi connectivity index (χ2v) is 5.27.